The van der Waals surface area contributed by atoms with Crippen LogP contribution in [0.5, 0.6) is 11.5 Å². The van der Waals surface area contributed by atoms with Crippen molar-refractivity contribution in [2.75, 3.05) is 18.5 Å². The van der Waals surface area contributed by atoms with Crippen LogP contribution < -0.4 is 14.8 Å². The molecule has 0 bridgehead atoms. The van der Waals surface area contributed by atoms with Crippen molar-refractivity contribution in [3.63, 3.8) is 0 Å². The van der Waals surface area contributed by atoms with E-state index in [1.54, 1.807) is 0 Å². The third-order valence-corrected chi connectivity index (χ3v) is 4.59. The SMILES string of the molecule is CC(Nc1ccc2c(c1)OCCO2)c1cc(Cl)sc1Cl. The van der Waals surface area contributed by atoms with Gasteiger partial charge in [-0.15, -0.1) is 11.3 Å². The van der Waals surface area contributed by atoms with Gasteiger partial charge in [0.15, 0.2) is 11.5 Å². The summed E-state index contributed by atoms with van der Waals surface area (Å²) in [5.74, 6) is 1.55. The Morgan fingerprint density at radius 3 is 2.60 bits per heavy atom. The number of rotatable bonds is 3. The van der Waals surface area contributed by atoms with Gasteiger partial charge in [-0.1, -0.05) is 23.2 Å². The molecule has 1 aromatic heterocycles. The van der Waals surface area contributed by atoms with E-state index >= 15 is 0 Å². The molecule has 2 heterocycles. The summed E-state index contributed by atoms with van der Waals surface area (Å²) in [6.45, 7) is 3.22. The van der Waals surface area contributed by atoms with Gasteiger partial charge in [0, 0.05) is 17.3 Å². The molecular formula is C14H13Cl2NO2S. The first-order chi connectivity index (χ1) is 9.63. The van der Waals surface area contributed by atoms with Gasteiger partial charge in [-0.25, -0.2) is 0 Å². The summed E-state index contributed by atoms with van der Waals surface area (Å²) < 4.78 is 12.5. The average molecular weight is 330 g/mol. The molecule has 1 aliphatic heterocycles. The summed E-state index contributed by atoms with van der Waals surface area (Å²) in [6.07, 6.45) is 0. The van der Waals surface area contributed by atoms with Gasteiger partial charge in [-0.3, -0.25) is 0 Å². The van der Waals surface area contributed by atoms with E-state index in [1.165, 1.54) is 11.3 Å². The molecule has 106 valence electrons. The second kappa shape index (κ2) is 5.72. The monoisotopic (exact) mass is 329 g/mol. The molecule has 1 aromatic carbocycles. The highest BCUT2D eigenvalue weighted by molar-refractivity contribution is 7.20. The first-order valence-electron chi connectivity index (χ1n) is 6.24. The summed E-state index contributed by atoms with van der Waals surface area (Å²) in [4.78, 5) is 0. The van der Waals surface area contributed by atoms with E-state index in [2.05, 4.69) is 5.32 Å². The fourth-order valence-electron chi connectivity index (χ4n) is 2.11. The molecule has 1 N–H and O–H groups in total. The number of hydrogen-bond donors (Lipinski definition) is 1. The molecule has 1 atom stereocenters. The molecule has 3 rings (SSSR count). The molecule has 0 spiro atoms. The van der Waals surface area contributed by atoms with Crippen molar-refractivity contribution in [1.82, 2.24) is 0 Å². The zero-order valence-corrected chi connectivity index (χ0v) is 13.1. The molecule has 3 nitrogen and oxygen atoms in total. The first kappa shape index (κ1) is 13.9. The summed E-state index contributed by atoms with van der Waals surface area (Å²) in [6, 6.07) is 7.77. The van der Waals surface area contributed by atoms with Crippen LogP contribution in [0.3, 0.4) is 0 Å². The highest BCUT2D eigenvalue weighted by Gasteiger charge is 2.15. The number of halogens is 2. The fraction of sp³-hybridized carbons (Fsp3) is 0.286. The predicted octanol–water partition coefficient (Wildman–Crippen LogP) is 5.00. The minimum atomic E-state index is 0.0637. The van der Waals surface area contributed by atoms with E-state index in [9.17, 15) is 0 Å². The summed E-state index contributed by atoms with van der Waals surface area (Å²) >= 11 is 13.5. The van der Waals surface area contributed by atoms with E-state index in [-0.39, 0.29) is 6.04 Å². The van der Waals surface area contributed by atoms with E-state index in [0.717, 1.165) is 22.7 Å². The molecule has 0 aliphatic carbocycles. The van der Waals surface area contributed by atoms with Crippen molar-refractivity contribution in [1.29, 1.82) is 0 Å². The van der Waals surface area contributed by atoms with Gasteiger partial charge in [0.25, 0.3) is 0 Å². The zero-order valence-electron chi connectivity index (χ0n) is 10.8. The first-order valence-corrected chi connectivity index (χ1v) is 7.81. The standard InChI is InChI=1S/C14H13Cl2NO2S/c1-8(10-7-13(15)20-14(10)16)17-9-2-3-11-12(6-9)19-5-4-18-11/h2-3,6-8,17H,4-5H2,1H3. The van der Waals surface area contributed by atoms with Gasteiger partial charge in [-0.05, 0) is 25.1 Å². The van der Waals surface area contributed by atoms with Crippen molar-refractivity contribution in [2.45, 2.75) is 13.0 Å². The van der Waals surface area contributed by atoms with E-state index in [0.29, 0.717) is 21.9 Å². The molecule has 0 saturated heterocycles. The summed E-state index contributed by atoms with van der Waals surface area (Å²) in [5.41, 5.74) is 1.96. The quantitative estimate of drug-likeness (QED) is 0.859. The van der Waals surface area contributed by atoms with Crippen LogP contribution in [0.4, 0.5) is 5.69 Å². The molecule has 1 aliphatic rings. The van der Waals surface area contributed by atoms with Crippen LogP contribution in [0.25, 0.3) is 0 Å². The number of thiophene rings is 1. The Hall–Kier alpha value is -1.10. The smallest absolute Gasteiger partial charge is 0.163 e. The maximum absolute atomic E-state index is 6.17. The maximum atomic E-state index is 6.17. The second-order valence-electron chi connectivity index (χ2n) is 4.50. The van der Waals surface area contributed by atoms with Crippen LogP contribution in [0, 0.1) is 0 Å². The Morgan fingerprint density at radius 1 is 1.15 bits per heavy atom. The number of hydrogen-bond acceptors (Lipinski definition) is 4. The van der Waals surface area contributed by atoms with Crippen LogP contribution in [0.1, 0.15) is 18.5 Å². The lowest BCUT2D eigenvalue weighted by atomic mass is 10.1. The highest BCUT2D eigenvalue weighted by Crippen LogP contribution is 2.37. The van der Waals surface area contributed by atoms with E-state index in [4.69, 9.17) is 32.7 Å². The number of ether oxygens (including phenoxy) is 2. The lowest BCUT2D eigenvalue weighted by Gasteiger charge is -2.20. The Kier molecular flexibility index (Phi) is 3.96. The number of benzene rings is 1. The number of anilines is 1. The van der Waals surface area contributed by atoms with Gasteiger partial charge in [0.1, 0.15) is 13.2 Å². The minimum absolute atomic E-state index is 0.0637. The Labute approximate surface area is 131 Å². The van der Waals surface area contributed by atoms with Crippen molar-refractivity contribution >= 4 is 40.2 Å². The zero-order chi connectivity index (χ0) is 14.1. The van der Waals surface area contributed by atoms with Gasteiger partial charge < -0.3 is 14.8 Å². The molecular weight excluding hydrogens is 317 g/mol. The molecule has 0 amide bonds. The Bertz CT molecular complexity index is 630. The topological polar surface area (TPSA) is 30.5 Å². The predicted molar refractivity (Wildman–Crippen MR) is 83.8 cm³/mol. The summed E-state index contributed by atoms with van der Waals surface area (Å²) in [7, 11) is 0. The van der Waals surface area contributed by atoms with Gasteiger partial charge >= 0.3 is 0 Å². The molecule has 6 heteroatoms. The van der Waals surface area contributed by atoms with Gasteiger partial charge in [0.05, 0.1) is 14.7 Å². The third kappa shape index (κ3) is 2.82. The lowest BCUT2D eigenvalue weighted by molar-refractivity contribution is 0.171. The van der Waals surface area contributed by atoms with Crippen molar-refractivity contribution in [3.05, 3.63) is 38.5 Å². The largest absolute Gasteiger partial charge is 0.486 e. The molecule has 2 aromatic rings. The number of nitrogens with one attached hydrogen (secondary N) is 1. The van der Waals surface area contributed by atoms with Gasteiger partial charge in [0.2, 0.25) is 0 Å². The van der Waals surface area contributed by atoms with Crippen LogP contribution >= 0.6 is 34.5 Å². The van der Waals surface area contributed by atoms with Crippen molar-refractivity contribution < 1.29 is 9.47 Å². The third-order valence-electron chi connectivity index (χ3n) is 3.07. The van der Waals surface area contributed by atoms with Crippen LogP contribution in [-0.2, 0) is 0 Å². The molecule has 1 unspecified atom stereocenters. The molecule has 0 radical (unpaired) electrons. The lowest BCUT2D eigenvalue weighted by Crippen LogP contribution is -2.15. The maximum Gasteiger partial charge on any atom is 0.163 e. The highest BCUT2D eigenvalue weighted by atomic mass is 35.5. The fourth-order valence-corrected chi connectivity index (χ4v) is 3.75. The van der Waals surface area contributed by atoms with E-state index < -0.39 is 0 Å². The summed E-state index contributed by atoms with van der Waals surface area (Å²) in [5, 5.41) is 3.39. The van der Waals surface area contributed by atoms with E-state index in [1.807, 2.05) is 31.2 Å². The van der Waals surface area contributed by atoms with Crippen molar-refractivity contribution in [3.8, 4) is 11.5 Å². The van der Waals surface area contributed by atoms with Crippen LogP contribution in [-0.4, -0.2) is 13.2 Å². The Morgan fingerprint density at radius 2 is 1.90 bits per heavy atom. The Balaban J connectivity index is 1.79. The second-order valence-corrected chi connectivity index (χ2v) is 6.79. The van der Waals surface area contributed by atoms with Gasteiger partial charge in [-0.2, -0.15) is 0 Å². The number of fused-ring (bicyclic) bond motifs is 1. The normalized spacial score (nSPS) is 14.9. The molecule has 20 heavy (non-hydrogen) atoms. The molecule has 0 saturated carbocycles. The van der Waals surface area contributed by atoms with Crippen LogP contribution in [0.2, 0.25) is 8.67 Å². The minimum Gasteiger partial charge on any atom is -0.486 e. The molecule has 0 fully saturated rings. The average Bonchev–Trinajstić information content (AvgIpc) is 2.78. The van der Waals surface area contributed by atoms with Crippen LogP contribution in [0.15, 0.2) is 24.3 Å². The van der Waals surface area contributed by atoms with Crippen molar-refractivity contribution in [2.24, 2.45) is 0 Å².